The van der Waals surface area contributed by atoms with Crippen LogP contribution in [0.2, 0.25) is 0 Å². The predicted octanol–water partition coefficient (Wildman–Crippen LogP) is 1.39. The van der Waals surface area contributed by atoms with Crippen molar-refractivity contribution in [2.45, 2.75) is 19.4 Å². The lowest BCUT2D eigenvalue weighted by Crippen LogP contribution is -2.24. The Bertz CT molecular complexity index is 443. The number of carbonyl (C=O) groups is 1. The Hall–Kier alpha value is -1.75. The fourth-order valence-corrected chi connectivity index (χ4v) is 2.09. The molecule has 0 aliphatic carbocycles. The number of para-hydroxylation sites is 1. The lowest BCUT2D eigenvalue weighted by Gasteiger charge is -2.18. The molecule has 0 amide bonds. The Morgan fingerprint density at radius 2 is 2.33 bits per heavy atom. The molecule has 2 unspecified atom stereocenters. The van der Waals surface area contributed by atoms with Crippen LogP contribution >= 0.6 is 0 Å². The van der Waals surface area contributed by atoms with Crippen LogP contribution in [0.4, 0.5) is 0 Å². The number of phenolic OH excluding ortho intramolecular Hbond substituents is 1. The van der Waals surface area contributed by atoms with Gasteiger partial charge >= 0.3 is 5.97 Å². The van der Waals surface area contributed by atoms with Crippen molar-refractivity contribution in [1.29, 1.82) is 0 Å². The van der Waals surface area contributed by atoms with Crippen molar-refractivity contribution < 1.29 is 24.5 Å². The first kappa shape index (κ1) is 12.7. The van der Waals surface area contributed by atoms with Gasteiger partial charge in [-0.1, -0.05) is 12.1 Å². The van der Waals surface area contributed by atoms with Gasteiger partial charge in [0.05, 0.1) is 25.2 Å². The van der Waals surface area contributed by atoms with Crippen LogP contribution in [0.15, 0.2) is 18.2 Å². The van der Waals surface area contributed by atoms with E-state index in [4.69, 9.17) is 9.47 Å². The second-order valence-electron chi connectivity index (χ2n) is 4.14. The minimum atomic E-state index is -1.02. The maximum Gasteiger partial charge on any atom is 0.312 e. The van der Waals surface area contributed by atoms with Crippen molar-refractivity contribution in [2.75, 3.05) is 13.2 Å². The van der Waals surface area contributed by atoms with Gasteiger partial charge in [-0.2, -0.15) is 0 Å². The zero-order valence-electron chi connectivity index (χ0n) is 10.1. The number of fused-ring (bicyclic) bond motifs is 1. The monoisotopic (exact) mass is 252 g/mol. The molecule has 0 radical (unpaired) electrons. The number of esters is 1. The van der Waals surface area contributed by atoms with Gasteiger partial charge in [-0.25, -0.2) is 0 Å². The minimum absolute atomic E-state index is 0.0314. The van der Waals surface area contributed by atoms with E-state index in [1.807, 2.05) is 0 Å². The second-order valence-corrected chi connectivity index (χ2v) is 4.14. The molecule has 5 heteroatoms. The normalized spacial score (nSPS) is 22.6. The fourth-order valence-electron chi connectivity index (χ4n) is 2.09. The van der Waals surface area contributed by atoms with E-state index in [2.05, 4.69) is 0 Å². The summed E-state index contributed by atoms with van der Waals surface area (Å²) in [7, 11) is 0. The number of aliphatic hydroxyl groups excluding tert-OH is 1. The molecule has 2 rings (SSSR count). The number of rotatable bonds is 2. The molecule has 1 aromatic carbocycles. The summed E-state index contributed by atoms with van der Waals surface area (Å²) >= 11 is 0. The van der Waals surface area contributed by atoms with E-state index in [-0.39, 0.29) is 24.7 Å². The van der Waals surface area contributed by atoms with Gasteiger partial charge in [0.25, 0.3) is 0 Å². The Morgan fingerprint density at radius 3 is 3.06 bits per heavy atom. The number of ether oxygens (including phenoxy) is 2. The van der Waals surface area contributed by atoms with E-state index < -0.39 is 18.0 Å². The number of phenols is 1. The van der Waals surface area contributed by atoms with E-state index in [1.54, 1.807) is 19.1 Å². The number of hydrogen-bond acceptors (Lipinski definition) is 5. The summed E-state index contributed by atoms with van der Waals surface area (Å²) in [5.74, 6) is -0.884. The topological polar surface area (TPSA) is 76.0 Å². The third-order valence-electron chi connectivity index (χ3n) is 2.99. The summed E-state index contributed by atoms with van der Waals surface area (Å²) in [6, 6.07) is 4.72. The van der Waals surface area contributed by atoms with Crippen LogP contribution in [0.3, 0.4) is 0 Å². The van der Waals surface area contributed by atoms with E-state index in [0.717, 1.165) is 0 Å². The molecule has 1 aromatic rings. The molecule has 0 bridgehead atoms. The molecular formula is C13H16O5. The van der Waals surface area contributed by atoms with Crippen molar-refractivity contribution in [3.8, 4) is 11.5 Å². The van der Waals surface area contributed by atoms with Crippen LogP contribution in [0.25, 0.3) is 0 Å². The molecule has 18 heavy (non-hydrogen) atoms. The van der Waals surface area contributed by atoms with Crippen LogP contribution in [0.5, 0.6) is 11.5 Å². The standard InChI is InChI=1S/C13H16O5/c1-2-17-13(16)9-6-7-18-12-8(11(9)15)4-3-5-10(12)14/h3-5,9,11,14-15H,2,6-7H2,1H3. The summed E-state index contributed by atoms with van der Waals surface area (Å²) in [5, 5.41) is 19.9. The molecule has 5 nitrogen and oxygen atoms in total. The molecule has 0 saturated carbocycles. The molecule has 0 saturated heterocycles. The van der Waals surface area contributed by atoms with Gasteiger partial charge < -0.3 is 19.7 Å². The number of benzene rings is 1. The van der Waals surface area contributed by atoms with Crippen LogP contribution < -0.4 is 4.74 Å². The lowest BCUT2D eigenvalue weighted by atomic mass is 9.93. The molecular weight excluding hydrogens is 236 g/mol. The van der Waals surface area contributed by atoms with Crippen molar-refractivity contribution in [3.05, 3.63) is 23.8 Å². The summed E-state index contributed by atoms with van der Waals surface area (Å²) in [6.07, 6.45) is -0.664. The third kappa shape index (κ3) is 2.26. The van der Waals surface area contributed by atoms with Gasteiger partial charge in [0.1, 0.15) is 0 Å². The van der Waals surface area contributed by atoms with Crippen LogP contribution in [-0.2, 0) is 9.53 Å². The summed E-state index contributed by atoms with van der Waals surface area (Å²) in [6.45, 7) is 2.25. The van der Waals surface area contributed by atoms with Crippen molar-refractivity contribution in [1.82, 2.24) is 0 Å². The molecule has 1 aliphatic heterocycles. The van der Waals surface area contributed by atoms with E-state index in [9.17, 15) is 15.0 Å². The molecule has 2 atom stereocenters. The molecule has 0 aromatic heterocycles. The first-order valence-electron chi connectivity index (χ1n) is 5.94. The van der Waals surface area contributed by atoms with Gasteiger partial charge in [-0.3, -0.25) is 4.79 Å². The average molecular weight is 252 g/mol. The largest absolute Gasteiger partial charge is 0.504 e. The third-order valence-corrected chi connectivity index (χ3v) is 2.99. The van der Waals surface area contributed by atoms with Gasteiger partial charge in [-0.05, 0) is 19.4 Å². The van der Waals surface area contributed by atoms with Crippen molar-refractivity contribution in [2.24, 2.45) is 5.92 Å². The minimum Gasteiger partial charge on any atom is -0.504 e. The highest BCUT2D eigenvalue weighted by atomic mass is 16.5. The molecule has 0 spiro atoms. The lowest BCUT2D eigenvalue weighted by molar-refractivity contribution is -0.152. The van der Waals surface area contributed by atoms with Crippen LogP contribution in [0.1, 0.15) is 25.0 Å². The van der Waals surface area contributed by atoms with E-state index in [0.29, 0.717) is 12.0 Å². The highest BCUT2D eigenvalue weighted by Gasteiger charge is 2.34. The van der Waals surface area contributed by atoms with Crippen molar-refractivity contribution >= 4 is 5.97 Å². The van der Waals surface area contributed by atoms with Gasteiger partial charge in [-0.15, -0.1) is 0 Å². The van der Waals surface area contributed by atoms with Gasteiger partial charge in [0, 0.05) is 5.56 Å². The number of aliphatic hydroxyl groups is 1. The summed E-state index contributed by atoms with van der Waals surface area (Å²) < 4.78 is 10.3. The fraction of sp³-hybridized carbons (Fsp3) is 0.462. The maximum absolute atomic E-state index is 11.8. The smallest absolute Gasteiger partial charge is 0.312 e. The number of aromatic hydroxyl groups is 1. The first-order chi connectivity index (χ1) is 8.65. The van der Waals surface area contributed by atoms with E-state index >= 15 is 0 Å². The zero-order chi connectivity index (χ0) is 13.1. The Morgan fingerprint density at radius 1 is 1.56 bits per heavy atom. The first-order valence-corrected chi connectivity index (χ1v) is 5.94. The summed E-state index contributed by atoms with van der Waals surface area (Å²) in [5.41, 5.74) is 0.422. The number of hydrogen-bond donors (Lipinski definition) is 2. The SMILES string of the molecule is CCOC(=O)C1CCOc2c(O)cccc2C1O. The average Bonchev–Trinajstić information content (AvgIpc) is 2.51. The van der Waals surface area contributed by atoms with Crippen LogP contribution in [-0.4, -0.2) is 29.4 Å². The molecule has 98 valence electrons. The summed E-state index contributed by atoms with van der Waals surface area (Å²) in [4.78, 5) is 11.8. The Kier molecular flexibility index (Phi) is 3.72. The van der Waals surface area contributed by atoms with Gasteiger partial charge in [0.2, 0.25) is 0 Å². The molecule has 1 heterocycles. The molecule has 0 fully saturated rings. The number of carbonyl (C=O) groups excluding carboxylic acids is 1. The van der Waals surface area contributed by atoms with Crippen molar-refractivity contribution in [3.63, 3.8) is 0 Å². The molecule has 1 aliphatic rings. The quantitative estimate of drug-likeness (QED) is 0.778. The van der Waals surface area contributed by atoms with Gasteiger partial charge in [0.15, 0.2) is 11.5 Å². The Labute approximate surface area is 105 Å². The highest BCUT2D eigenvalue weighted by molar-refractivity contribution is 5.74. The maximum atomic E-state index is 11.8. The predicted molar refractivity (Wildman–Crippen MR) is 63.3 cm³/mol. The molecule has 2 N–H and O–H groups in total. The van der Waals surface area contributed by atoms with E-state index in [1.165, 1.54) is 6.07 Å². The second kappa shape index (κ2) is 5.27. The van der Waals surface area contributed by atoms with Crippen LogP contribution in [0, 0.1) is 5.92 Å². The Balaban J connectivity index is 2.32. The highest BCUT2D eigenvalue weighted by Crippen LogP contribution is 2.40. The zero-order valence-corrected chi connectivity index (χ0v) is 10.1.